The Kier molecular flexibility index (Phi) is 9.21. The van der Waals surface area contributed by atoms with Crippen LogP contribution in [0, 0.1) is 0 Å². The Labute approximate surface area is 267 Å². The Morgan fingerprint density at radius 1 is 1.11 bits per heavy atom. The molecule has 13 heteroatoms. The molecular formula is C33H43N3O10. The molecule has 46 heavy (non-hydrogen) atoms. The van der Waals surface area contributed by atoms with Crippen molar-refractivity contribution in [2.45, 2.75) is 82.3 Å². The lowest BCUT2D eigenvalue weighted by Crippen LogP contribution is -2.54. The fourth-order valence-electron chi connectivity index (χ4n) is 6.58. The number of phenolic OH excluding ortho intramolecular Hbond substituents is 2. The van der Waals surface area contributed by atoms with E-state index in [1.165, 1.54) is 30.2 Å². The molecule has 0 radical (unpaired) electrons. The SMILES string of the molecule is COc1cccc2c1C(=O)c1c(O)c3c(c(O)c1C2=O)C[C@@](O)(C(=O)N(C)CCN(C)C(C)C)C[C@@H]3OC1CC(N)C(O)C(C)O1. The van der Waals surface area contributed by atoms with Crippen LogP contribution in [0.25, 0.3) is 0 Å². The maximum Gasteiger partial charge on any atom is 0.254 e. The second kappa shape index (κ2) is 12.5. The van der Waals surface area contributed by atoms with E-state index in [1.54, 1.807) is 14.0 Å². The highest BCUT2D eigenvalue weighted by Gasteiger charge is 2.51. The second-order valence-electron chi connectivity index (χ2n) is 12.9. The third kappa shape index (κ3) is 5.65. The molecule has 1 fully saturated rings. The predicted octanol–water partition coefficient (Wildman–Crippen LogP) is 1.24. The van der Waals surface area contributed by atoms with Gasteiger partial charge in [-0.15, -0.1) is 0 Å². The lowest BCUT2D eigenvalue weighted by atomic mass is 9.72. The summed E-state index contributed by atoms with van der Waals surface area (Å²) in [6.45, 7) is 6.47. The minimum atomic E-state index is -2.13. The molecule has 3 aliphatic rings. The van der Waals surface area contributed by atoms with Crippen molar-refractivity contribution >= 4 is 17.5 Å². The number of fused-ring (bicyclic) bond motifs is 3. The fraction of sp³-hybridized carbons (Fsp3) is 0.545. The maximum atomic E-state index is 13.9. The number of hydrogen-bond donors (Lipinski definition) is 5. The first-order chi connectivity index (χ1) is 21.6. The summed E-state index contributed by atoms with van der Waals surface area (Å²) < 4.78 is 17.4. The van der Waals surface area contributed by atoms with Crippen molar-refractivity contribution in [2.24, 2.45) is 5.73 Å². The summed E-state index contributed by atoms with van der Waals surface area (Å²) in [6.07, 6.45) is -4.79. The van der Waals surface area contributed by atoms with Crippen LogP contribution in [0.1, 0.15) is 82.7 Å². The lowest BCUT2D eigenvalue weighted by Gasteiger charge is -2.43. The number of hydrogen-bond acceptors (Lipinski definition) is 12. The van der Waals surface area contributed by atoms with Crippen molar-refractivity contribution in [3.8, 4) is 17.2 Å². The van der Waals surface area contributed by atoms with Crippen LogP contribution in [0.5, 0.6) is 17.2 Å². The number of carbonyl (C=O) groups excluding carboxylic acids is 3. The first-order valence-electron chi connectivity index (χ1n) is 15.4. The van der Waals surface area contributed by atoms with E-state index in [0.717, 1.165) is 0 Å². The highest BCUT2D eigenvalue weighted by atomic mass is 16.7. The van der Waals surface area contributed by atoms with Gasteiger partial charge in [0.15, 0.2) is 12.1 Å². The van der Waals surface area contributed by atoms with Crippen LogP contribution in [0.15, 0.2) is 18.2 Å². The number of amides is 1. The summed E-state index contributed by atoms with van der Waals surface area (Å²) in [7, 11) is 4.82. The summed E-state index contributed by atoms with van der Waals surface area (Å²) in [5.74, 6) is -3.25. The number of methoxy groups -OCH3 is 1. The third-order valence-electron chi connectivity index (χ3n) is 9.56. The maximum absolute atomic E-state index is 13.9. The van der Waals surface area contributed by atoms with Gasteiger partial charge < -0.3 is 50.2 Å². The average Bonchev–Trinajstić information content (AvgIpc) is 3.01. The molecule has 5 rings (SSSR count). The number of aromatic hydroxyl groups is 2. The molecule has 2 aromatic carbocycles. The van der Waals surface area contributed by atoms with Crippen LogP contribution in [-0.2, 0) is 20.7 Å². The highest BCUT2D eigenvalue weighted by molar-refractivity contribution is 6.31. The van der Waals surface area contributed by atoms with Crippen LogP contribution in [0.2, 0.25) is 0 Å². The van der Waals surface area contributed by atoms with E-state index in [9.17, 15) is 34.8 Å². The van der Waals surface area contributed by atoms with Gasteiger partial charge in [0.05, 0.1) is 42.1 Å². The van der Waals surface area contributed by atoms with Gasteiger partial charge in [0.1, 0.15) is 22.8 Å². The van der Waals surface area contributed by atoms with Crippen LogP contribution in [0.3, 0.4) is 0 Å². The molecule has 13 nitrogen and oxygen atoms in total. The molecule has 6 N–H and O–H groups in total. The number of rotatable bonds is 8. The zero-order chi connectivity index (χ0) is 33.8. The second-order valence-corrected chi connectivity index (χ2v) is 12.9. The largest absolute Gasteiger partial charge is 0.507 e. The van der Waals surface area contributed by atoms with Crippen LogP contribution in [-0.4, -0.2) is 118 Å². The zero-order valence-electron chi connectivity index (χ0n) is 26.9. The molecule has 0 spiro atoms. The molecule has 250 valence electrons. The fourth-order valence-corrected chi connectivity index (χ4v) is 6.58. The Balaban J connectivity index is 1.62. The van der Waals surface area contributed by atoms with Gasteiger partial charge in [-0.05, 0) is 33.9 Å². The minimum Gasteiger partial charge on any atom is -0.507 e. The van der Waals surface area contributed by atoms with Crippen molar-refractivity contribution in [3.05, 3.63) is 51.6 Å². The Morgan fingerprint density at radius 3 is 2.41 bits per heavy atom. The summed E-state index contributed by atoms with van der Waals surface area (Å²) >= 11 is 0. The standard InChI is InChI=1S/C33H43N3O10/c1-15(2)35(4)10-11-36(5)32(42)33(43)13-18-24(21(14-33)46-22-12-19(34)27(37)16(3)45-22)31(41)26-25(29(18)39)28(38)17-8-7-9-20(44-6)23(17)30(26)40/h7-9,15-16,19,21-22,27,37,39,41,43H,10-14,34H2,1-6H3/t16?,19?,21-,22?,27?,33-/m0/s1. The minimum absolute atomic E-state index is 0.0207. The number of ether oxygens (including phenoxy) is 3. The summed E-state index contributed by atoms with van der Waals surface area (Å²) in [6, 6.07) is 3.98. The average molecular weight is 642 g/mol. The van der Waals surface area contributed by atoms with Crippen molar-refractivity contribution < 1.29 is 49.0 Å². The molecule has 1 amide bonds. The molecule has 4 unspecified atom stereocenters. The van der Waals surface area contributed by atoms with E-state index >= 15 is 0 Å². The van der Waals surface area contributed by atoms with E-state index in [1.807, 2.05) is 25.8 Å². The number of ketones is 2. The molecule has 1 aliphatic heterocycles. The summed E-state index contributed by atoms with van der Waals surface area (Å²) in [5, 5.41) is 45.7. The number of benzene rings is 2. The lowest BCUT2D eigenvalue weighted by molar-refractivity contribution is -0.247. The van der Waals surface area contributed by atoms with E-state index in [2.05, 4.69) is 0 Å². The van der Waals surface area contributed by atoms with Crippen molar-refractivity contribution in [2.75, 3.05) is 34.3 Å². The number of aliphatic hydroxyl groups excluding tert-OH is 1. The molecule has 2 aliphatic carbocycles. The number of nitrogens with zero attached hydrogens (tertiary/aromatic N) is 2. The van der Waals surface area contributed by atoms with Gasteiger partial charge in [-0.2, -0.15) is 0 Å². The Hall–Kier alpha value is -3.59. The van der Waals surface area contributed by atoms with Gasteiger partial charge in [0.2, 0.25) is 5.78 Å². The van der Waals surface area contributed by atoms with Crippen LogP contribution in [0.4, 0.5) is 0 Å². The van der Waals surface area contributed by atoms with Gasteiger partial charge in [-0.25, -0.2) is 0 Å². The number of likely N-dealkylation sites (N-methyl/N-ethyl adjacent to an activating group) is 2. The molecule has 0 bridgehead atoms. The van der Waals surface area contributed by atoms with E-state index in [0.29, 0.717) is 6.54 Å². The smallest absolute Gasteiger partial charge is 0.254 e. The first kappa shape index (κ1) is 33.8. The van der Waals surface area contributed by atoms with Crippen LogP contribution < -0.4 is 10.5 Å². The van der Waals surface area contributed by atoms with Crippen LogP contribution >= 0.6 is 0 Å². The molecule has 2 aromatic rings. The van der Waals surface area contributed by atoms with Gasteiger partial charge in [-0.1, -0.05) is 12.1 Å². The van der Waals surface area contributed by atoms with Gasteiger partial charge >= 0.3 is 0 Å². The topological polar surface area (TPSA) is 192 Å². The quantitative estimate of drug-likeness (QED) is 0.221. The highest BCUT2D eigenvalue weighted by Crippen LogP contribution is 2.52. The number of phenols is 2. The molecule has 1 saturated heterocycles. The summed E-state index contributed by atoms with van der Waals surface area (Å²) in [5.41, 5.74) is 2.90. The van der Waals surface area contributed by atoms with Gasteiger partial charge in [-0.3, -0.25) is 14.4 Å². The van der Waals surface area contributed by atoms with E-state index in [-0.39, 0.29) is 53.4 Å². The predicted molar refractivity (Wildman–Crippen MR) is 165 cm³/mol. The monoisotopic (exact) mass is 641 g/mol. The molecular weight excluding hydrogens is 598 g/mol. The summed E-state index contributed by atoms with van der Waals surface area (Å²) in [4.78, 5) is 45.0. The Bertz CT molecular complexity index is 1550. The number of aliphatic hydroxyl groups is 2. The van der Waals surface area contributed by atoms with Gasteiger partial charge in [0, 0.05) is 68.2 Å². The van der Waals surface area contributed by atoms with Crippen molar-refractivity contribution in [1.29, 1.82) is 0 Å². The van der Waals surface area contributed by atoms with Crippen molar-refractivity contribution in [3.63, 3.8) is 0 Å². The molecule has 0 saturated carbocycles. The van der Waals surface area contributed by atoms with Crippen molar-refractivity contribution in [1.82, 2.24) is 9.80 Å². The Morgan fingerprint density at radius 2 is 1.78 bits per heavy atom. The first-order valence-corrected chi connectivity index (χ1v) is 15.4. The van der Waals surface area contributed by atoms with E-state index < -0.39 is 82.8 Å². The number of carbonyl (C=O) groups is 3. The molecule has 6 atom stereocenters. The molecule has 0 aromatic heterocycles. The van der Waals surface area contributed by atoms with Gasteiger partial charge in [0.25, 0.3) is 5.91 Å². The zero-order valence-corrected chi connectivity index (χ0v) is 26.9. The van der Waals surface area contributed by atoms with E-state index in [4.69, 9.17) is 19.9 Å². The molecule has 1 heterocycles. The number of nitrogens with two attached hydrogens (primary N) is 1. The third-order valence-corrected chi connectivity index (χ3v) is 9.56. The normalized spacial score (nSPS) is 27.3.